The first-order valence-corrected chi connectivity index (χ1v) is 9.69. The third-order valence-corrected chi connectivity index (χ3v) is 5.49. The summed E-state index contributed by atoms with van der Waals surface area (Å²) in [7, 11) is 0. The molecule has 4 nitrogen and oxygen atoms in total. The Hall–Kier alpha value is -1.76. The van der Waals surface area contributed by atoms with Crippen molar-refractivity contribution in [2.45, 2.75) is 64.2 Å². The van der Waals surface area contributed by atoms with Gasteiger partial charge >= 0.3 is 5.69 Å². The Kier molecular flexibility index (Phi) is 6.63. The number of nitrogens with zero attached hydrogens (tertiary/aromatic N) is 3. The van der Waals surface area contributed by atoms with Crippen LogP contribution in [0.1, 0.15) is 56.2 Å². The third kappa shape index (κ3) is 4.75. The molecule has 2 aromatic rings. The van der Waals surface area contributed by atoms with Gasteiger partial charge in [0.2, 0.25) is 0 Å². The zero-order chi connectivity index (χ0) is 19.4. The van der Waals surface area contributed by atoms with Gasteiger partial charge in [-0.25, -0.2) is 18.0 Å². The Morgan fingerprint density at radius 1 is 1.11 bits per heavy atom. The molecule has 8 heteroatoms. The normalized spacial score (nSPS) is 17.2. The molecule has 1 unspecified atom stereocenters. The smallest absolute Gasteiger partial charge is 0.278 e. The first kappa shape index (κ1) is 20.0. The number of halogens is 4. The summed E-state index contributed by atoms with van der Waals surface area (Å²) in [5, 5.41) is 4.40. The van der Waals surface area contributed by atoms with Gasteiger partial charge in [-0.2, -0.15) is 9.78 Å². The van der Waals surface area contributed by atoms with Crippen LogP contribution in [-0.2, 0) is 13.0 Å². The molecule has 3 rings (SSSR count). The lowest BCUT2D eigenvalue weighted by Crippen LogP contribution is -2.31. The lowest BCUT2D eigenvalue weighted by atomic mass is 10.0. The van der Waals surface area contributed by atoms with E-state index in [9.17, 15) is 18.0 Å². The van der Waals surface area contributed by atoms with Crippen molar-refractivity contribution in [2.75, 3.05) is 0 Å². The zero-order valence-electron chi connectivity index (χ0n) is 15.0. The number of hydrogen-bond acceptors (Lipinski definition) is 2. The monoisotopic (exact) mass is 401 g/mol. The minimum absolute atomic E-state index is 0.185. The van der Waals surface area contributed by atoms with Gasteiger partial charge in [0.25, 0.3) is 12.7 Å². The van der Waals surface area contributed by atoms with E-state index < -0.39 is 18.4 Å². The van der Waals surface area contributed by atoms with Crippen molar-refractivity contribution in [1.29, 1.82) is 0 Å². The molecule has 148 valence electrons. The predicted molar refractivity (Wildman–Crippen MR) is 98.1 cm³/mol. The Balaban J connectivity index is 1.95. The van der Waals surface area contributed by atoms with E-state index in [1.807, 2.05) is 0 Å². The van der Waals surface area contributed by atoms with Crippen LogP contribution < -0.4 is 5.69 Å². The fourth-order valence-electron chi connectivity index (χ4n) is 3.65. The molecule has 0 spiro atoms. The maximum atomic E-state index is 13.9. The van der Waals surface area contributed by atoms with Crippen LogP contribution in [0.15, 0.2) is 29.1 Å². The summed E-state index contributed by atoms with van der Waals surface area (Å²) < 4.78 is 41.2. The molecule has 0 N–H and O–H groups in total. The molecular weight excluding hydrogens is 379 g/mol. The van der Waals surface area contributed by atoms with Crippen LogP contribution in [-0.4, -0.2) is 20.8 Å². The van der Waals surface area contributed by atoms with E-state index in [-0.39, 0.29) is 22.8 Å². The van der Waals surface area contributed by atoms with Crippen LogP contribution in [0.4, 0.5) is 13.2 Å². The molecule has 1 atom stereocenters. The molecular formula is C19H23ClF3N3O. The van der Waals surface area contributed by atoms with Crippen LogP contribution in [0.2, 0.25) is 5.02 Å². The summed E-state index contributed by atoms with van der Waals surface area (Å²) in [6.07, 6.45) is 0.546. The molecule has 1 aromatic carbocycles. The van der Waals surface area contributed by atoms with E-state index in [1.54, 1.807) is 24.3 Å². The van der Waals surface area contributed by atoms with Gasteiger partial charge in [0.1, 0.15) is 5.82 Å². The molecule has 0 saturated heterocycles. The number of alkyl halides is 3. The molecule has 1 aliphatic rings. The average molecular weight is 402 g/mol. The minimum atomic E-state index is -3.31. The standard InChI is InChI=1S/C19H23ClF3N3O/c20-15-10-6-5-9-14(15)11-16-24-26(18(23)17(21)22)19(27)25(16)12-13-7-3-1-2-4-8-13/h5-6,9-10,13,17-18H,1-4,7-8,11-12H2. The van der Waals surface area contributed by atoms with Gasteiger partial charge in [0.15, 0.2) is 0 Å². The van der Waals surface area contributed by atoms with Gasteiger partial charge in [-0.05, 0) is 30.4 Å². The first-order valence-electron chi connectivity index (χ1n) is 9.31. The van der Waals surface area contributed by atoms with Gasteiger partial charge < -0.3 is 0 Å². The molecule has 1 saturated carbocycles. The molecule has 1 fully saturated rings. The Labute approximate surface area is 160 Å². The SMILES string of the molecule is O=c1n(C(F)C(F)F)nc(Cc2ccccc2Cl)n1CC1CCCCCC1. The van der Waals surface area contributed by atoms with E-state index in [0.29, 0.717) is 17.1 Å². The Bertz CT molecular complexity index is 813. The summed E-state index contributed by atoms with van der Waals surface area (Å²) in [6, 6.07) is 7.06. The lowest BCUT2D eigenvalue weighted by molar-refractivity contribution is -0.00192. The van der Waals surface area contributed by atoms with E-state index >= 15 is 0 Å². The number of benzene rings is 1. The summed E-state index contributed by atoms with van der Waals surface area (Å²) >= 11 is 6.18. The highest BCUT2D eigenvalue weighted by Gasteiger charge is 2.28. The Morgan fingerprint density at radius 2 is 1.78 bits per heavy atom. The van der Waals surface area contributed by atoms with Crippen molar-refractivity contribution in [1.82, 2.24) is 14.3 Å². The fraction of sp³-hybridized carbons (Fsp3) is 0.579. The Morgan fingerprint density at radius 3 is 2.41 bits per heavy atom. The van der Waals surface area contributed by atoms with Crippen molar-refractivity contribution >= 4 is 11.6 Å². The molecule has 0 amide bonds. The zero-order valence-corrected chi connectivity index (χ0v) is 15.7. The maximum absolute atomic E-state index is 13.9. The summed E-state index contributed by atoms with van der Waals surface area (Å²) in [4.78, 5) is 12.6. The van der Waals surface area contributed by atoms with Crippen molar-refractivity contribution in [3.8, 4) is 0 Å². The summed E-state index contributed by atoms with van der Waals surface area (Å²) in [5.74, 6) is 0.526. The van der Waals surface area contributed by atoms with E-state index in [0.717, 1.165) is 38.5 Å². The van der Waals surface area contributed by atoms with Gasteiger partial charge in [-0.3, -0.25) is 4.57 Å². The fourth-order valence-corrected chi connectivity index (χ4v) is 3.86. The van der Waals surface area contributed by atoms with Crippen molar-refractivity contribution in [2.24, 2.45) is 5.92 Å². The van der Waals surface area contributed by atoms with Gasteiger partial charge in [0.05, 0.1) is 0 Å². The lowest BCUT2D eigenvalue weighted by Gasteiger charge is -2.15. The van der Waals surface area contributed by atoms with Crippen LogP contribution in [0.5, 0.6) is 0 Å². The molecule has 0 aliphatic heterocycles. The predicted octanol–water partition coefficient (Wildman–Crippen LogP) is 4.99. The number of rotatable bonds is 6. The first-order chi connectivity index (χ1) is 13.0. The second-order valence-electron chi connectivity index (χ2n) is 7.09. The van der Waals surface area contributed by atoms with Gasteiger partial charge in [0, 0.05) is 18.0 Å². The van der Waals surface area contributed by atoms with Crippen molar-refractivity contribution in [3.05, 3.63) is 51.2 Å². The molecule has 1 aliphatic carbocycles. The minimum Gasteiger partial charge on any atom is -0.278 e. The maximum Gasteiger partial charge on any atom is 0.348 e. The molecule has 0 radical (unpaired) electrons. The van der Waals surface area contributed by atoms with E-state index in [2.05, 4.69) is 5.10 Å². The van der Waals surface area contributed by atoms with Crippen molar-refractivity contribution in [3.63, 3.8) is 0 Å². The van der Waals surface area contributed by atoms with Crippen LogP contribution in [0, 0.1) is 5.92 Å². The van der Waals surface area contributed by atoms with Crippen LogP contribution in [0.3, 0.4) is 0 Å². The van der Waals surface area contributed by atoms with E-state index in [4.69, 9.17) is 11.6 Å². The largest absolute Gasteiger partial charge is 0.348 e. The van der Waals surface area contributed by atoms with Crippen molar-refractivity contribution < 1.29 is 13.2 Å². The van der Waals surface area contributed by atoms with Crippen LogP contribution >= 0.6 is 11.6 Å². The van der Waals surface area contributed by atoms with Gasteiger partial charge in [-0.15, -0.1) is 0 Å². The highest BCUT2D eigenvalue weighted by atomic mass is 35.5. The topological polar surface area (TPSA) is 39.8 Å². The van der Waals surface area contributed by atoms with Crippen LogP contribution in [0.25, 0.3) is 0 Å². The molecule has 1 aromatic heterocycles. The summed E-state index contributed by atoms with van der Waals surface area (Å²) in [5.41, 5.74) is -0.111. The summed E-state index contributed by atoms with van der Waals surface area (Å²) in [6.45, 7) is 0.370. The molecule has 27 heavy (non-hydrogen) atoms. The third-order valence-electron chi connectivity index (χ3n) is 5.13. The average Bonchev–Trinajstić information content (AvgIpc) is 2.81. The molecule has 1 heterocycles. The number of aromatic nitrogens is 3. The van der Waals surface area contributed by atoms with E-state index in [1.165, 1.54) is 4.57 Å². The second kappa shape index (κ2) is 8.95. The highest BCUT2D eigenvalue weighted by molar-refractivity contribution is 6.31. The van der Waals surface area contributed by atoms with Gasteiger partial charge in [-0.1, -0.05) is 55.5 Å². The highest BCUT2D eigenvalue weighted by Crippen LogP contribution is 2.25. The quantitative estimate of drug-likeness (QED) is 0.639. The second-order valence-corrected chi connectivity index (χ2v) is 7.49. The number of hydrogen-bond donors (Lipinski definition) is 0. The molecule has 0 bridgehead atoms.